The van der Waals surface area contributed by atoms with Crippen molar-refractivity contribution in [3.63, 3.8) is 0 Å². The van der Waals surface area contributed by atoms with Crippen molar-refractivity contribution in [2.24, 2.45) is 0 Å². The standard InChI is InChI=1S/C15H27N3O/c1-3-12-19-14-6-5-8-17(13-14)10-11-18-9-7-16-15(18)4-2/h7,9,14H,3-6,8,10-13H2,1-2H3/t14-/m1/s1. The highest BCUT2D eigenvalue weighted by Crippen LogP contribution is 2.13. The molecule has 1 aromatic heterocycles. The van der Waals surface area contributed by atoms with Gasteiger partial charge in [0.15, 0.2) is 0 Å². The number of nitrogens with zero attached hydrogens (tertiary/aromatic N) is 3. The van der Waals surface area contributed by atoms with E-state index in [4.69, 9.17) is 4.74 Å². The van der Waals surface area contributed by atoms with Gasteiger partial charge in [-0.3, -0.25) is 4.90 Å². The van der Waals surface area contributed by atoms with Crippen LogP contribution in [-0.2, 0) is 17.7 Å². The van der Waals surface area contributed by atoms with Gasteiger partial charge in [-0.15, -0.1) is 0 Å². The number of aryl methyl sites for hydroxylation is 1. The van der Waals surface area contributed by atoms with Gasteiger partial charge < -0.3 is 9.30 Å². The summed E-state index contributed by atoms with van der Waals surface area (Å²) in [6.45, 7) is 9.69. The quantitative estimate of drug-likeness (QED) is 0.758. The highest BCUT2D eigenvalue weighted by Gasteiger charge is 2.19. The third kappa shape index (κ3) is 4.32. The first-order valence-corrected chi connectivity index (χ1v) is 7.67. The van der Waals surface area contributed by atoms with E-state index in [9.17, 15) is 0 Å². The van der Waals surface area contributed by atoms with E-state index in [1.165, 1.54) is 25.2 Å². The third-order valence-corrected chi connectivity index (χ3v) is 3.80. The van der Waals surface area contributed by atoms with E-state index in [2.05, 4.69) is 34.5 Å². The minimum absolute atomic E-state index is 0.446. The second-order valence-electron chi connectivity index (χ2n) is 5.33. The molecule has 0 aliphatic carbocycles. The molecule has 1 saturated heterocycles. The monoisotopic (exact) mass is 265 g/mol. The molecule has 0 amide bonds. The average Bonchev–Trinajstić information content (AvgIpc) is 2.91. The van der Waals surface area contributed by atoms with E-state index in [-0.39, 0.29) is 0 Å². The molecule has 1 aromatic rings. The summed E-state index contributed by atoms with van der Waals surface area (Å²) >= 11 is 0. The van der Waals surface area contributed by atoms with Crippen molar-refractivity contribution >= 4 is 0 Å². The Balaban J connectivity index is 1.76. The Morgan fingerprint density at radius 3 is 3.05 bits per heavy atom. The summed E-state index contributed by atoms with van der Waals surface area (Å²) in [4.78, 5) is 6.90. The minimum atomic E-state index is 0.446. The first kappa shape index (κ1) is 14.5. The molecule has 1 fully saturated rings. The maximum absolute atomic E-state index is 5.88. The first-order valence-electron chi connectivity index (χ1n) is 7.67. The van der Waals surface area contributed by atoms with Gasteiger partial charge in [0.05, 0.1) is 6.10 Å². The average molecular weight is 265 g/mol. The van der Waals surface area contributed by atoms with Crippen molar-refractivity contribution in [3.8, 4) is 0 Å². The molecular formula is C15H27N3O. The summed E-state index contributed by atoms with van der Waals surface area (Å²) < 4.78 is 8.16. The predicted molar refractivity (Wildman–Crippen MR) is 77.3 cm³/mol. The Morgan fingerprint density at radius 1 is 1.37 bits per heavy atom. The molecule has 2 rings (SSSR count). The molecule has 4 heteroatoms. The summed E-state index contributed by atoms with van der Waals surface area (Å²) in [5.41, 5.74) is 0. The van der Waals surface area contributed by atoms with Gasteiger partial charge in [0.25, 0.3) is 0 Å². The van der Waals surface area contributed by atoms with Crippen molar-refractivity contribution in [1.29, 1.82) is 0 Å². The van der Waals surface area contributed by atoms with Crippen molar-refractivity contribution in [2.75, 3.05) is 26.2 Å². The van der Waals surface area contributed by atoms with Gasteiger partial charge in [-0.2, -0.15) is 0 Å². The van der Waals surface area contributed by atoms with Crippen LogP contribution in [0.5, 0.6) is 0 Å². The summed E-state index contributed by atoms with van der Waals surface area (Å²) in [6, 6.07) is 0. The van der Waals surface area contributed by atoms with Crippen molar-refractivity contribution in [1.82, 2.24) is 14.5 Å². The van der Waals surface area contributed by atoms with E-state index < -0.39 is 0 Å². The summed E-state index contributed by atoms with van der Waals surface area (Å²) in [5, 5.41) is 0. The lowest BCUT2D eigenvalue weighted by Crippen LogP contribution is -2.41. The number of aromatic nitrogens is 2. The normalized spacial score (nSPS) is 20.8. The van der Waals surface area contributed by atoms with Crippen LogP contribution in [0.2, 0.25) is 0 Å². The summed E-state index contributed by atoms with van der Waals surface area (Å²) in [6.07, 6.45) is 9.05. The second kappa shape index (κ2) is 7.65. The second-order valence-corrected chi connectivity index (χ2v) is 5.33. The van der Waals surface area contributed by atoms with Crippen LogP contribution >= 0.6 is 0 Å². The van der Waals surface area contributed by atoms with Crippen molar-refractivity contribution < 1.29 is 4.74 Å². The fourth-order valence-corrected chi connectivity index (χ4v) is 2.74. The van der Waals surface area contributed by atoms with Gasteiger partial charge >= 0.3 is 0 Å². The molecule has 0 saturated carbocycles. The van der Waals surface area contributed by atoms with Gasteiger partial charge in [0.2, 0.25) is 0 Å². The zero-order valence-corrected chi connectivity index (χ0v) is 12.3. The molecule has 19 heavy (non-hydrogen) atoms. The van der Waals surface area contributed by atoms with E-state index in [0.29, 0.717) is 6.10 Å². The van der Waals surface area contributed by atoms with Crippen LogP contribution in [0, 0.1) is 0 Å². The Kier molecular flexibility index (Phi) is 5.86. The number of imidazole rings is 1. The van der Waals surface area contributed by atoms with E-state index in [0.717, 1.165) is 39.1 Å². The Morgan fingerprint density at radius 2 is 2.26 bits per heavy atom. The van der Waals surface area contributed by atoms with Crippen LogP contribution in [-0.4, -0.2) is 46.8 Å². The number of likely N-dealkylation sites (tertiary alicyclic amines) is 1. The molecule has 0 spiro atoms. The van der Waals surface area contributed by atoms with Crippen molar-refractivity contribution in [3.05, 3.63) is 18.2 Å². The van der Waals surface area contributed by atoms with E-state index >= 15 is 0 Å². The van der Waals surface area contributed by atoms with E-state index in [1.54, 1.807) is 0 Å². The SMILES string of the molecule is CCCO[C@@H]1CCCN(CCn2ccnc2CC)C1. The number of hydrogen-bond acceptors (Lipinski definition) is 3. The molecule has 108 valence electrons. The molecular weight excluding hydrogens is 238 g/mol. The molecule has 1 atom stereocenters. The number of hydrogen-bond donors (Lipinski definition) is 0. The van der Waals surface area contributed by atoms with Crippen LogP contribution in [0.3, 0.4) is 0 Å². The Bertz CT molecular complexity index is 364. The molecule has 1 aliphatic rings. The molecule has 2 heterocycles. The summed E-state index contributed by atoms with van der Waals surface area (Å²) in [5.74, 6) is 1.19. The molecule has 0 bridgehead atoms. The number of piperidine rings is 1. The number of ether oxygens (including phenoxy) is 1. The van der Waals surface area contributed by atoms with Crippen LogP contribution in [0.4, 0.5) is 0 Å². The molecule has 4 nitrogen and oxygen atoms in total. The third-order valence-electron chi connectivity index (χ3n) is 3.80. The van der Waals surface area contributed by atoms with Crippen LogP contribution in [0.25, 0.3) is 0 Å². The molecule has 0 N–H and O–H groups in total. The zero-order valence-electron chi connectivity index (χ0n) is 12.3. The minimum Gasteiger partial charge on any atom is -0.377 e. The number of rotatable bonds is 7. The van der Waals surface area contributed by atoms with Crippen molar-refractivity contribution in [2.45, 2.75) is 52.2 Å². The topological polar surface area (TPSA) is 30.3 Å². The van der Waals surface area contributed by atoms with Gasteiger partial charge in [0.1, 0.15) is 5.82 Å². The lowest BCUT2D eigenvalue weighted by molar-refractivity contribution is -0.000798. The van der Waals surface area contributed by atoms with Gasteiger partial charge in [-0.05, 0) is 25.8 Å². The Hall–Kier alpha value is -0.870. The molecule has 1 aliphatic heterocycles. The highest BCUT2D eigenvalue weighted by atomic mass is 16.5. The van der Waals surface area contributed by atoms with Crippen LogP contribution < -0.4 is 0 Å². The fraction of sp³-hybridized carbons (Fsp3) is 0.800. The first-order chi connectivity index (χ1) is 9.33. The van der Waals surface area contributed by atoms with Crippen LogP contribution in [0.1, 0.15) is 38.9 Å². The largest absolute Gasteiger partial charge is 0.377 e. The molecule has 0 unspecified atom stereocenters. The van der Waals surface area contributed by atoms with E-state index in [1.807, 2.05) is 6.20 Å². The molecule has 0 aromatic carbocycles. The smallest absolute Gasteiger partial charge is 0.108 e. The predicted octanol–water partition coefficient (Wildman–Crippen LogP) is 2.34. The van der Waals surface area contributed by atoms with Gasteiger partial charge in [0, 0.05) is 45.1 Å². The lowest BCUT2D eigenvalue weighted by Gasteiger charge is -2.32. The Labute approximate surface area is 116 Å². The maximum atomic E-state index is 5.88. The van der Waals surface area contributed by atoms with Gasteiger partial charge in [-0.25, -0.2) is 4.98 Å². The summed E-state index contributed by atoms with van der Waals surface area (Å²) in [7, 11) is 0. The fourth-order valence-electron chi connectivity index (χ4n) is 2.74. The zero-order chi connectivity index (χ0) is 13.5. The molecule has 0 radical (unpaired) electrons. The van der Waals surface area contributed by atoms with Gasteiger partial charge in [-0.1, -0.05) is 13.8 Å². The lowest BCUT2D eigenvalue weighted by atomic mass is 10.1. The maximum Gasteiger partial charge on any atom is 0.108 e. The van der Waals surface area contributed by atoms with Crippen LogP contribution in [0.15, 0.2) is 12.4 Å². The highest BCUT2D eigenvalue weighted by molar-refractivity contribution is 4.91.